The van der Waals surface area contributed by atoms with Gasteiger partial charge in [-0.15, -0.1) is 0 Å². The van der Waals surface area contributed by atoms with E-state index < -0.39 is 0 Å². The lowest BCUT2D eigenvalue weighted by Gasteiger charge is -2.13. The van der Waals surface area contributed by atoms with Crippen LogP contribution in [0, 0.1) is 12.8 Å². The first-order valence-electron chi connectivity index (χ1n) is 10.6. The fraction of sp³-hybridized carbons (Fsp3) is 0.240. The zero-order chi connectivity index (χ0) is 22.5. The summed E-state index contributed by atoms with van der Waals surface area (Å²) in [6.45, 7) is 5.39. The summed E-state index contributed by atoms with van der Waals surface area (Å²) in [5.41, 5.74) is 4.01. The molecule has 0 aliphatic rings. The quantitative estimate of drug-likeness (QED) is 0.457. The highest BCUT2D eigenvalue weighted by Gasteiger charge is 2.19. The summed E-state index contributed by atoms with van der Waals surface area (Å²) in [5.74, 6) is 0.784. The van der Waals surface area contributed by atoms with Crippen LogP contribution in [-0.4, -0.2) is 39.1 Å². The highest BCUT2D eigenvalue weighted by molar-refractivity contribution is 6.00. The number of carbonyl (C=O) groups excluding carboxylic acids is 1. The van der Waals surface area contributed by atoms with Crippen LogP contribution < -0.4 is 10.1 Å². The number of benzene rings is 2. The van der Waals surface area contributed by atoms with E-state index in [1.165, 1.54) is 0 Å². The normalized spacial score (nSPS) is 11.8. The molecule has 1 N–H and O–H groups in total. The number of ether oxygens (including phenoxy) is 1. The van der Waals surface area contributed by atoms with Gasteiger partial charge in [-0.05, 0) is 43.2 Å². The van der Waals surface area contributed by atoms with E-state index in [1.807, 2.05) is 72.4 Å². The van der Waals surface area contributed by atoms with Crippen molar-refractivity contribution in [2.75, 3.05) is 13.7 Å². The Hall–Kier alpha value is -3.87. The van der Waals surface area contributed by atoms with Gasteiger partial charge in [0, 0.05) is 37.2 Å². The molecule has 0 aliphatic carbocycles. The standard InChI is InChI=1S/C25H27N5O2/c1-18-8-10-21(11-9-18)30-17-23(24(28-30)20-6-4-7-22(14-20)32-3)25(31)26-15-19(2)16-29-13-5-12-27-29/h4-14,17,19H,15-16H2,1-3H3,(H,26,31). The van der Waals surface area contributed by atoms with Gasteiger partial charge in [-0.1, -0.05) is 36.8 Å². The molecule has 2 aromatic heterocycles. The molecular formula is C25H27N5O2. The Labute approximate surface area is 187 Å². The van der Waals surface area contributed by atoms with Crippen LogP contribution in [-0.2, 0) is 6.54 Å². The van der Waals surface area contributed by atoms with Gasteiger partial charge in [0.2, 0.25) is 0 Å². The average Bonchev–Trinajstić information content (AvgIpc) is 3.48. The van der Waals surface area contributed by atoms with E-state index in [1.54, 1.807) is 24.2 Å². The molecule has 164 valence electrons. The number of hydrogen-bond acceptors (Lipinski definition) is 4. The molecular weight excluding hydrogens is 402 g/mol. The Morgan fingerprint density at radius 1 is 1.16 bits per heavy atom. The van der Waals surface area contributed by atoms with Crippen LogP contribution in [0.3, 0.4) is 0 Å². The van der Waals surface area contributed by atoms with Gasteiger partial charge in [-0.25, -0.2) is 4.68 Å². The van der Waals surface area contributed by atoms with Gasteiger partial charge < -0.3 is 10.1 Å². The average molecular weight is 430 g/mol. The Morgan fingerprint density at radius 2 is 1.97 bits per heavy atom. The predicted molar refractivity (Wildman–Crippen MR) is 124 cm³/mol. The van der Waals surface area contributed by atoms with Crippen molar-refractivity contribution in [2.45, 2.75) is 20.4 Å². The maximum Gasteiger partial charge on any atom is 0.255 e. The summed E-state index contributed by atoms with van der Waals surface area (Å²) in [6.07, 6.45) is 5.46. The first kappa shape index (κ1) is 21.4. The second-order valence-electron chi connectivity index (χ2n) is 7.95. The van der Waals surface area contributed by atoms with E-state index in [2.05, 4.69) is 17.3 Å². The highest BCUT2D eigenvalue weighted by atomic mass is 16.5. The molecule has 0 fully saturated rings. The van der Waals surface area contributed by atoms with Crippen molar-refractivity contribution in [1.29, 1.82) is 0 Å². The lowest BCUT2D eigenvalue weighted by Crippen LogP contribution is -2.30. The van der Waals surface area contributed by atoms with Gasteiger partial charge >= 0.3 is 0 Å². The summed E-state index contributed by atoms with van der Waals surface area (Å²) >= 11 is 0. The minimum atomic E-state index is -0.159. The molecule has 2 heterocycles. The van der Waals surface area contributed by atoms with Crippen LogP contribution >= 0.6 is 0 Å². The molecule has 0 saturated carbocycles. The molecule has 7 nitrogen and oxygen atoms in total. The molecule has 0 aliphatic heterocycles. The van der Waals surface area contributed by atoms with Crippen molar-refractivity contribution in [2.24, 2.45) is 5.92 Å². The number of aryl methyl sites for hydroxylation is 1. The Balaban J connectivity index is 1.61. The molecule has 32 heavy (non-hydrogen) atoms. The zero-order valence-corrected chi connectivity index (χ0v) is 18.5. The van der Waals surface area contributed by atoms with Crippen molar-refractivity contribution in [3.63, 3.8) is 0 Å². The van der Waals surface area contributed by atoms with Gasteiger partial charge in [0.05, 0.1) is 18.4 Å². The van der Waals surface area contributed by atoms with E-state index in [9.17, 15) is 4.79 Å². The van der Waals surface area contributed by atoms with Crippen LogP contribution in [0.5, 0.6) is 5.75 Å². The van der Waals surface area contributed by atoms with Gasteiger partial charge in [0.25, 0.3) is 5.91 Å². The van der Waals surface area contributed by atoms with E-state index in [0.29, 0.717) is 23.6 Å². The van der Waals surface area contributed by atoms with E-state index in [0.717, 1.165) is 23.4 Å². The number of nitrogens with one attached hydrogen (secondary N) is 1. The van der Waals surface area contributed by atoms with Crippen LogP contribution in [0.25, 0.3) is 16.9 Å². The fourth-order valence-corrected chi connectivity index (χ4v) is 3.51. The minimum absolute atomic E-state index is 0.159. The van der Waals surface area contributed by atoms with Crippen molar-refractivity contribution in [3.8, 4) is 22.7 Å². The SMILES string of the molecule is COc1cccc(-c2nn(-c3ccc(C)cc3)cc2C(=O)NCC(C)Cn2cccn2)c1. The zero-order valence-electron chi connectivity index (χ0n) is 18.5. The third-order valence-electron chi connectivity index (χ3n) is 5.27. The third-order valence-corrected chi connectivity index (χ3v) is 5.27. The van der Waals surface area contributed by atoms with Crippen molar-refractivity contribution < 1.29 is 9.53 Å². The van der Waals surface area contributed by atoms with E-state index in [-0.39, 0.29) is 11.8 Å². The van der Waals surface area contributed by atoms with Crippen LogP contribution in [0.15, 0.2) is 73.2 Å². The number of rotatable bonds is 8. The lowest BCUT2D eigenvalue weighted by molar-refractivity contribution is 0.0947. The summed E-state index contributed by atoms with van der Waals surface area (Å²) < 4.78 is 8.98. The second-order valence-corrected chi connectivity index (χ2v) is 7.95. The summed E-state index contributed by atoms with van der Waals surface area (Å²) in [5, 5.41) is 12.0. The van der Waals surface area contributed by atoms with E-state index >= 15 is 0 Å². The van der Waals surface area contributed by atoms with Crippen molar-refractivity contribution >= 4 is 5.91 Å². The van der Waals surface area contributed by atoms with Gasteiger partial charge in [0.15, 0.2) is 0 Å². The highest BCUT2D eigenvalue weighted by Crippen LogP contribution is 2.27. The topological polar surface area (TPSA) is 74.0 Å². The molecule has 1 unspecified atom stereocenters. The van der Waals surface area contributed by atoms with Crippen molar-refractivity contribution in [3.05, 3.63) is 84.3 Å². The smallest absolute Gasteiger partial charge is 0.255 e. The van der Waals surface area contributed by atoms with Crippen LogP contribution in [0.4, 0.5) is 0 Å². The molecule has 1 amide bonds. The Kier molecular flexibility index (Phi) is 6.35. The number of aromatic nitrogens is 4. The maximum atomic E-state index is 13.2. The van der Waals surface area contributed by atoms with Crippen molar-refractivity contribution in [1.82, 2.24) is 24.9 Å². The van der Waals surface area contributed by atoms with E-state index in [4.69, 9.17) is 9.84 Å². The monoisotopic (exact) mass is 429 g/mol. The maximum absolute atomic E-state index is 13.2. The van der Waals surface area contributed by atoms with Crippen LogP contribution in [0.2, 0.25) is 0 Å². The van der Waals surface area contributed by atoms with Gasteiger partial charge in [-0.3, -0.25) is 9.48 Å². The summed E-state index contributed by atoms with van der Waals surface area (Å²) in [6, 6.07) is 17.5. The number of carbonyl (C=O) groups is 1. The Morgan fingerprint density at radius 3 is 2.69 bits per heavy atom. The predicted octanol–water partition coefficient (Wildman–Crippen LogP) is 4.12. The summed E-state index contributed by atoms with van der Waals surface area (Å²) in [4.78, 5) is 13.2. The molecule has 4 rings (SSSR count). The first-order valence-corrected chi connectivity index (χ1v) is 10.6. The Bertz CT molecular complexity index is 1180. The van der Waals surface area contributed by atoms with Crippen LogP contribution in [0.1, 0.15) is 22.8 Å². The molecule has 2 aromatic carbocycles. The molecule has 1 atom stereocenters. The van der Waals surface area contributed by atoms with Gasteiger partial charge in [-0.2, -0.15) is 10.2 Å². The fourth-order valence-electron chi connectivity index (χ4n) is 3.51. The lowest BCUT2D eigenvalue weighted by atomic mass is 10.1. The second kappa shape index (κ2) is 9.51. The molecule has 0 bridgehead atoms. The molecule has 0 radical (unpaired) electrons. The number of hydrogen-bond donors (Lipinski definition) is 1. The first-order chi connectivity index (χ1) is 15.5. The molecule has 0 saturated heterocycles. The third kappa shape index (κ3) is 4.88. The van der Waals surface area contributed by atoms with Gasteiger partial charge in [0.1, 0.15) is 11.4 Å². The number of amides is 1. The number of nitrogens with zero attached hydrogens (tertiary/aromatic N) is 4. The largest absolute Gasteiger partial charge is 0.497 e. The molecule has 0 spiro atoms. The summed E-state index contributed by atoms with van der Waals surface area (Å²) in [7, 11) is 1.62. The molecule has 7 heteroatoms. The minimum Gasteiger partial charge on any atom is -0.497 e. The molecule has 4 aromatic rings. The number of methoxy groups -OCH3 is 1.